The molecule has 0 spiro atoms. The molecule has 0 aromatic carbocycles. The third-order valence-electron chi connectivity index (χ3n) is 8.78. The number of allylic oxidation sites excluding steroid dienone is 7. The van der Waals surface area contributed by atoms with Crippen molar-refractivity contribution in [1.82, 2.24) is 5.32 Å². The number of phosphoric acid groups is 1. The monoisotopic (exact) mass is 739 g/mol. The molecular weight excluding hydrogens is 659 g/mol. The number of likely N-dealkylation sites (N-methyl/N-ethyl adjacent to an activating group) is 1. The second-order valence-electron chi connectivity index (χ2n) is 15.0. The second-order valence-corrected chi connectivity index (χ2v) is 16.4. The van der Waals surface area contributed by atoms with Crippen molar-refractivity contribution in [2.75, 3.05) is 40.9 Å². The molecule has 0 saturated carbocycles. The SMILES string of the molecule is CCCCCC/C=C/C(O)C(COP(=O)([O-])OCC[N+](C)(C)C)NC(=O)CCCCCCCCCC/C=C\C/C=C\C/C=C\CCCCCCC. The molecule has 0 fully saturated rings. The third-order valence-corrected chi connectivity index (χ3v) is 9.75. The molecule has 298 valence electrons. The van der Waals surface area contributed by atoms with E-state index in [0.29, 0.717) is 17.4 Å². The van der Waals surface area contributed by atoms with E-state index >= 15 is 0 Å². The Hall–Kier alpha value is -1.54. The van der Waals surface area contributed by atoms with Gasteiger partial charge in [0.05, 0.1) is 39.9 Å². The largest absolute Gasteiger partial charge is 0.756 e. The molecule has 51 heavy (non-hydrogen) atoms. The number of carbonyl (C=O) groups excluding carboxylic acids is 1. The molecule has 0 aliphatic rings. The molecule has 0 radical (unpaired) electrons. The molecule has 3 unspecified atom stereocenters. The Balaban J connectivity index is 4.20. The molecule has 3 atom stereocenters. The number of phosphoric ester groups is 1. The van der Waals surface area contributed by atoms with Gasteiger partial charge in [-0.25, -0.2) is 0 Å². The molecule has 0 aliphatic heterocycles. The summed E-state index contributed by atoms with van der Waals surface area (Å²) in [4.78, 5) is 25.1. The molecule has 1 amide bonds. The average Bonchev–Trinajstić information content (AvgIpc) is 3.07. The lowest BCUT2D eigenvalue weighted by atomic mass is 10.1. The summed E-state index contributed by atoms with van der Waals surface area (Å²) >= 11 is 0. The number of aliphatic hydroxyl groups is 1. The normalized spacial score (nSPS) is 15.0. The number of aliphatic hydroxyl groups excluding tert-OH is 1. The van der Waals surface area contributed by atoms with Gasteiger partial charge in [-0.2, -0.15) is 0 Å². The Morgan fingerprint density at radius 1 is 0.686 bits per heavy atom. The first-order chi connectivity index (χ1) is 24.5. The minimum atomic E-state index is -4.57. The van der Waals surface area contributed by atoms with Gasteiger partial charge in [0.2, 0.25) is 5.91 Å². The van der Waals surface area contributed by atoms with E-state index in [9.17, 15) is 19.4 Å². The van der Waals surface area contributed by atoms with Crippen LogP contribution >= 0.6 is 7.82 Å². The molecule has 0 bridgehead atoms. The number of carbonyl (C=O) groups is 1. The lowest BCUT2D eigenvalue weighted by Crippen LogP contribution is -2.45. The maximum absolute atomic E-state index is 12.7. The Morgan fingerprint density at radius 3 is 1.67 bits per heavy atom. The predicted molar refractivity (Wildman–Crippen MR) is 214 cm³/mol. The van der Waals surface area contributed by atoms with Gasteiger partial charge in [-0.15, -0.1) is 0 Å². The van der Waals surface area contributed by atoms with Crippen molar-refractivity contribution in [1.29, 1.82) is 0 Å². The summed E-state index contributed by atoms with van der Waals surface area (Å²) in [6.45, 7) is 4.52. The van der Waals surface area contributed by atoms with Gasteiger partial charge in [-0.05, 0) is 57.8 Å². The second kappa shape index (κ2) is 34.2. The van der Waals surface area contributed by atoms with Gasteiger partial charge < -0.3 is 28.8 Å². The van der Waals surface area contributed by atoms with E-state index in [1.54, 1.807) is 6.08 Å². The highest BCUT2D eigenvalue weighted by molar-refractivity contribution is 7.45. The number of rotatable bonds is 36. The molecule has 0 aliphatic carbocycles. The van der Waals surface area contributed by atoms with Gasteiger partial charge in [0, 0.05) is 6.42 Å². The first kappa shape index (κ1) is 49.5. The van der Waals surface area contributed by atoms with Gasteiger partial charge in [0.25, 0.3) is 7.82 Å². The number of nitrogens with one attached hydrogen (secondary N) is 1. The minimum Gasteiger partial charge on any atom is -0.756 e. The lowest BCUT2D eigenvalue weighted by molar-refractivity contribution is -0.870. The molecular formula is C42H79N2O6P. The number of amides is 1. The lowest BCUT2D eigenvalue weighted by Gasteiger charge is -2.29. The summed E-state index contributed by atoms with van der Waals surface area (Å²) in [6, 6.07) is -0.887. The molecule has 0 aromatic heterocycles. The Kier molecular flexibility index (Phi) is 33.2. The van der Waals surface area contributed by atoms with Gasteiger partial charge in [-0.1, -0.05) is 146 Å². The van der Waals surface area contributed by atoms with Crippen LogP contribution in [0.4, 0.5) is 0 Å². The van der Waals surface area contributed by atoms with Crippen LogP contribution in [0, 0.1) is 0 Å². The fraction of sp³-hybridized carbons (Fsp3) is 0.786. The number of unbranched alkanes of at least 4 members (excludes halogenated alkanes) is 17. The van der Waals surface area contributed by atoms with Crippen molar-refractivity contribution in [3.05, 3.63) is 48.6 Å². The zero-order chi connectivity index (χ0) is 37.9. The molecule has 2 N–H and O–H groups in total. The van der Waals surface area contributed by atoms with E-state index in [1.165, 1.54) is 77.0 Å². The summed E-state index contributed by atoms with van der Waals surface area (Å²) in [6.07, 6.45) is 41.9. The quantitative estimate of drug-likeness (QED) is 0.0287. The number of hydrogen-bond donors (Lipinski definition) is 2. The molecule has 0 heterocycles. The predicted octanol–water partition coefficient (Wildman–Crippen LogP) is 10.3. The van der Waals surface area contributed by atoms with Gasteiger partial charge in [0.15, 0.2) is 0 Å². The zero-order valence-electron chi connectivity index (χ0n) is 33.5. The summed E-state index contributed by atoms with van der Waals surface area (Å²) in [5, 5.41) is 13.6. The summed E-state index contributed by atoms with van der Waals surface area (Å²) in [7, 11) is 1.24. The van der Waals surface area contributed by atoms with Crippen LogP contribution in [0.3, 0.4) is 0 Å². The first-order valence-electron chi connectivity index (χ1n) is 20.5. The highest BCUT2D eigenvalue weighted by Crippen LogP contribution is 2.38. The molecule has 8 nitrogen and oxygen atoms in total. The summed E-state index contributed by atoms with van der Waals surface area (Å²) in [5.41, 5.74) is 0. The smallest absolute Gasteiger partial charge is 0.268 e. The van der Waals surface area contributed by atoms with E-state index in [0.717, 1.165) is 64.2 Å². The van der Waals surface area contributed by atoms with Crippen molar-refractivity contribution >= 4 is 13.7 Å². The standard InChI is InChI=1S/C42H79N2O6P/c1-6-8-10-12-14-15-16-17-18-19-20-21-22-23-24-25-26-27-28-29-30-32-34-36-42(46)43-40(41(45)35-33-31-13-11-9-7-2)39-50-51(47,48)49-38-37-44(3,4)5/h16-17,19-20,22-23,33,35,40-41,45H,6-15,18,21,24-32,34,36-39H2,1-5H3,(H-,43,46,47,48)/b17-16-,20-19-,23-22-,35-33+. The van der Waals surface area contributed by atoms with Crippen molar-refractivity contribution < 1.29 is 32.9 Å². The van der Waals surface area contributed by atoms with Crippen LogP contribution in [0.15, 0.2) is 48.6 Å². The Labute approximate surface area is 314 Å². The molecule has 0 saturated heterocycles. The molecule has 0 aromatic rings. The van der Waals surface area contributed by atoms with Crippen molar-refractivity contribution in [3.8, 4) is 0 Å². The van der Waals surface area contributed by atoms with E-state index in [4.69, 9.17) is 9.05 Å². The maximum atomic E-state index is 12.7. The topological polar surface area (TPSA) is 108 Å². The van der Waals surface area contributed by atoms with Crippen LogP contribution in [-0.2, 0) is 18.4 Å². The van der Waals surface area contributed by atoms with Crippen molar-refractivity contribution in [2.45, 2.75) is 174 Å². The first-order valence-corrected chi connectivity index (χ1v) is 22.0. The fourth-order valence-electron chi connectivity index (χ4n) is 5.45. The van der Waals surface area contributed by atoms with Crippen LogP contribution in [0.1, 0.15) is 162 Å². The van der Waals surface area contributed by atoms with E-state index in [1.807, 2.05) is 27.2 Å². The van der Waals surface area contributed by atoms with Crippen LogP contribution in [-0.4, -0.2) is 68.5 Å². The van der Waals surface area contributed by atoms with E-state index in [-0.39, 0.29) is 19.1 Å². The van der Waals surface area contributed by atoms with Crippen LogP contribution in [0.25, 0.3) is 0 Å². The third kappa shape index (κ3) is 36.6. The molecule has 9 heteroatoms. The van der Waals surface area contributed by atoms with Crippen LogP contribution in [0.2, 0.25) is 0 Å². The average molecular weight is 739 g/mol. The maximum Gasteiger partial charge on any atom is 0.268 e. The van der Waals surface area contributed by atoms with Gasteiger partial charge in [-0.3, -0.25) is 9.36 Å². The number of hydrogen-bond acceptors (Lipinski definition) is 6. The van der Waals surface area contributed by atoms with Gasteiger partial charge >= 0.3 is 0 Å². The number of nitrogens with zero attached hydrogens (tertiary/aromatic N) is 1. The van der Waals surface area contributed by atoms with Crippen molar-refractivity contribution in [3.63, 3.8) is 0 Å². The summed E-state index contributed by atoms with van der Waals surface area (Å²) < 4.78 is 23.0. The Morgan fingerprint density at radius 2 is 1.14 bits per heavy atom. The Bertz CT molecular complexity index is 975. The number of quaternary nitrogens is 1. The van der Waals surface area contributed by atoms with E-state index < -0.39 is 20.0 Å². The van der Waals surface area contributed by atoms with Crippen LogP contribution < -0.4 is 10.2 Å². The van der Waals surface area contributed by atoms with Gasteiger partial charge in [0.1, 0.15) is 13.2 Å². The highest BCUT2D eigenvalue weighted by Gasteiger charge is 2.23. The fourth-order valence-corrected chi connectivity index (χ4v) is 6.17. The summed E-state index contributed by atoms with van der Waals surface area (Å²) in [5.74, 6) is -0.213. The molecule has 0 rings (SSSR count). The van der Waals surface area contributed by atoms with Crippen molar-refractivity contribution in [2.24, 2.45) is 0 Å². The highest BCUT2D eigenvalue weighted by atomic mass is 31.2. The van der Waals surface area contributed by atoms with Crippen LogP contribution in [0.5, 0.6) is 0 Å². The zero-order valence-corrected chi connectivity index (χ0v) is 34.4. The minimum absolute atomic E-state index is 0.00510. The van der Waals surface area contributed by atoms with E-state index in [2.05, 4.69) is 55.6 Å².